The van der Waals surface area contributed by atoms with Gasteiger partial charge in [-0.15, -0.1) is 0 Å². The van der Waals surface area contributed by atoms with Crippen LogP contribution >= 0.6 is 0 Å². The number of aliphatic hydroxyl groups is 1. The van der Waals surface area contributed by atoms with Crippen LogP contribution in [0.3, 0.4) is 0 Å². The summed E-state index contributed by atoms with van der Waals surface area (Å²) in [4.78, 5) is 12.2. The third-order valence-corrected chi connectivity index (χ3v) is 9.56. The predicted molar refractivity (Wildman–Crippen MR) is 152 cm³/mol. The van der Waals surface area contributed by atoms with E-state index in [0.717, 1.165) is 49.0 Å². The molecule has 1 atom stereocenters. The monoisotopic (exact) mass is 512 g/mol. The van der Waals surface area contributed by atoms with Crippen molar-refractivity contribution in [2.45, 2.75) is 82.7 Å². The number of ether oxygens (including phenoxy) is 1. The predicted octanol–water partition coefficient (Wildman–Crippen LogP) is 7.99. The van der Waals surface area contributed by atoms with E-state index in [4.69, 9.17) is 4.74 Å². The number of aromatic carboxylic acids is 1. The van der Waals surface area contributed by atoms with Gasteiger partial charge < -0.3 is 14.9 Å². The number of benzene rings is 3. The van der Waals surface area contributed by atoms with E-state index in [2.05, 4.69) is 30.3 Å². The highest BCUT2D eigenvalue weighted by Crippen LogP contribution is 2.60. The second kappa shape index (κ2) is 10.4. The summed E-state index contributed by atoms with van der Waals surface area (Å²) in [5.74, 6) is 2.38. The molecule has 38 heavy (non-hydrogen) atoms. The maximum atomic E-state index is 12.2. The fourth-order valence-corrected chi connectivity index (χ4v) is 8.22. The van der Waals surface area contributed by atoms with Crippen molar-refractivity contribution in [3.05, 3.63) is 65.7 Å². The largest absolute Gasteiger partial charge is 0.493 e. The summed E-state index contributed by atoms with van der Waals surface area (Å²) in [5, 5.41) is 21.9. The van der Waals surface area contributed by atoms with Gasteiger partial charge in [0.05, 0.1) is 18.3 Å². The summed E-state index contributed by atoms with van der Waals surface area (Å²) in [6.07, 6.45) is 11.6. The van der Waals surface area contributed by atoms with E-state index in [-0.39, 0.29) is 11.7 Å². The van der Waals surface area contributed by atoms with E-state index in [1.54, 1.807) is 12.1 Å². The Morgan fingerprint density at radius 1 is 0.921 bits per heavy atom. The van der Waals surface area contributed by atoms with Crippen LogP contribution in [0.2, 0.25) is 0 Å². The van der Waals surface area contributed by atoms with E-state index in [1.165, 1.54) is 54.9 Å². The topological polar surface area (TPSA) is 66.8 Å². The van der Waals surface area contributed by atoms with Gasteiger partial charge in [0.1, 0.15) is 5.75 Å². The molecular formula is C34H40O4. The number of carboxylic acid groups (broad SMARTS) is 1. The smallest absolute Gasteiger partial charge is 0.336 e. The molecule has 0 radical (unpaired) electrons. The van der Waals surface area contributed by atoms with Crippen LogP contribution in [0.25, 0.3) is 21.9 Å². The molecule has 4 heteroatoms. The second-order valence-corrected chi connectivity index (χ2v) is 12.5. The lowest BCUT2D eigenvalue weighted by atomic mass is 9.48. The van der Waals surface area contributed by atoms with Crippen molar-refractivity contribution < 1.29 is 19.7 Å². The van der Waals surface area contributed by atoms with Crippen molar-refractivity contribution in [1.82, 2.24) is 0 Å². The van der Waals surface area contributed by atoms with Gasteiger partial charge in [-0.25, -0.2) is 4.79 Å². The van der Waals surface area contributed by atoms with Gasteiger partial charge >= 0.3 is 5.97 Å². The van der Waals surface area contributed by atoms with Crippen LogP contribution < -0.4 is 4.74 Å². The van der Waals surface area contributed by atoms with Gasteiger partial charge in [0.15, 0.2) is 0 Å². The molecule has 7 rings (SSSR count). The Morgan fingerprint density at radius 3 is 2.32 bits per heavy atom. The van der Waals surface area contributed by atoms with Crippen LogP contribution in [0.1, 0.15) is 87.1 Å². The molecule has 0 spiro atoms. The van der Waals surface area contributed by atoms with E-state index >= 15 is 0 Å². The molecule has 4 aliphatic carbocycles. The van der Waals surface area contributed by atoms with Crippen molar-refractivity contribution >= 4 is 16.7 Å². The minimum Gasteiger partial charge on any atom is -0.493 e. The molecule has 0 aromatic heterocycles. The Bertz CT molecular complexity index is 1290. The molecule has 3 aromatic rings. The second-order valence-electron chi connectivity index (χ2n) is 12.5. The number of aliphatic hydroxyl groups excluding tert-OH is 1. The van der Waals surface area contributed by atoms with Gasteiger partial charge in [-0.2, -0.15) is 0 Å². The molecular weight excluding hydrogens is 472 g/mol. The number of unbranched alkanes of at least 4 members (excludes halogenated alkanes) is 2. The van der Waals surface area contributed by atoms with Crippen LogP contribution in [-0.4, -0.2) is 28.9 Å². The first-order valence-corrected chi connectivity index (χ1v) is 14.6. The number of rotatable bonds is 10. The molecule has 4 aliphatic rings. The van der Waals surface area contributed by atoms with Crippen LogP contribution in [-0.2, 0) is 5.41 Å². The lowest BCUT2D eigenvalue weighted by Crippen LogP contribution is -2.48. The van der Waals surface area contributed by atoms with Gasteiger partial charge in [-0.1, -0.05) is 42.8 Å². The Balaban J connectivity index is 1.30. The number of hydrogen-bond acceptors (Lipinski definition) is 3. The summed E-state index contributed by atoms with van der Waals surface area (Å²) in [6.45, 7) is 2.34. The van der Waals surface area contributed by atoms with E-state index in [0.29, 0.717) is 23.3 Å². The molecule has 0 heterocycles. The molecule has 4 nitrogen and oxygen atoms in total. The van der Waals surface area contributed by atoms with Crippen LogP contribution in [0, 0.1) is 17.8 Å². The molecule has 3 aromatic carbocycles. The molecule has 4 fully saturated rings. The van der Waals surface area contributed by atoms with Crippen molar-refractivity contribution in [3.8, 4) is 16.9 Å². The first-order chi connectivity index (χ1) is 18.4. The zero-order valence-corrected chi connectivity index (χ0v) is 22.5. The minimum atomic E-state index is -0.940. The SMILES string of the molecule is CC(O)CCCCCOc1cccc(C(=O)O)c1-c1ccc2ccc(C34CC5CC(CC(C5)C3)C4)cc2c1. The fourth-order valence-electron chi connectivity index (χ4n) is 8.22. The first-order valence-electron chi connectivity index (χ1n) is 14.6. The third kappa shape index (κ3) is 4.96. The normalized spacial score (nSPS) is 26.5. The van der Waals surface area contributed by atoms with Gasteiger partial charge in [-0.05, 0) is 128 Å². The quantitative estimate of drug-likeness (QED) is 0.270. The van der Waals surface area contributed by atoms with Gasteiger partial charge in [0.2, 0.25) is 0 Å². The molecule has 0 amide bonds. The molecule has 4 saturated carbocycles. The molecule has 0 aliphatic heterocycles. The Labute approximate surface area is 226 Å². The minimum absolute atomic E-state index is 0.271. The third-order valence-electron chi connectivity index (χ3n) is 9.56. The van der Waals surface area contributed by atoms with E-state index in [1.807, 2.05) is 19.1 Å². The standard InChI is InChI=1S/C34H40O4/c1-22(35)6-3-2-4-13-38-31-8-5-7-30(33(36)37)32(31)27-10-9-26-11-12-29(18-28(26)17-27)34-19-23-14-24(20-34)16-25(15-23)21-34/h5,7-12,17-18,22-25,35H,2-4,6,13-16,19-21H2,1H3,(H,36,37). The summed E-state index contributed by atoms with van der Waals surface area (Å²) in [6, 6.07) is 18.7. The van der Waals surface area contributed by atoms with Gasteiger partial charge in [0, 0.05) is 5.56 Å². The summed E-state index contributed by atoms with van der Waals surface area (Å²) in [5.41, 5.74) is 3.64. The van der Waals surface area contributed by atoms with Gasteiger partial charge in [-0.3, -0.25) is 0 Å². The summed E-state index contributed by atoms with van der Waals surface area (Å²) < 4.78 is 6.16. The average Bonchev–Trinajstić information content (AvgIpc) is 2.89. The first kappa shape index (κ1) is 25.4. The Kier molecular flexibility index (Phi) is 6.94. The molecule has 1 unspecified atom stereocenters. The molecule has 2 N–H and O–H groups in total. The van der Waals surface area contributed by atoms with E-state index in [9.17, 15) is 15.0 Å². The zero-order chi connectivity index (χ0) is 26.3. The van der Waals surface area contributed by atoms with Crippen molar-refractivity contribution in [2.75, 3.05) is 6.61 Å². The fraction of sp³-hybridized carbons (Fsp3) is 0.500. The van der Waals surface area contributed by atoms with Crippen molar-refractivity contribution in [1.29, 1.82) is 0 Å². The maximum absolute atomic E-state index is 12.2. The summed E-state index contributed by atoms with van der Waals surface area (Å²) >= 11 is 0. The number of fused-ring (bicyclic) bond motifs is 1. The van der Waals surface area contributed by atoms with E-state index < -0.39 is 5.97 Å². The number of hydrogen-bond donors (Lipinski definition) is 2. The molecule has 0 saturated heterocycles. The number of carbonyl (C=O) groups is 1. The number of carboxylic acids is 1. The highest BCUT2D eigenvalue weighted by Gasteiger charge is 2.51. The van der Waals surface area contributed by atoms with Crippen LogP contribution in [0.5, 0.6) is 5.75 Å². The molecule has 200 valence electrons. The Hall–Kier alpha value is -2.85. The lowest BCUT2D eigenvalue weighted by molar-refractivity contribution is -0.00513. The summed E-state index contributed by atoms with van der Waals surface area (Å²) in [7, 11) is 0. The lowest BCUT2D eigenvalue weighted by Gasteiger charge is -2.57. The van der Waals surface area contributed by atoms with Crippen molar-refractivity contribution in [2.24, 2.45) is 17.8 Å². The average molecular weight is 513 g/mol. The van der Waals surface area contributed by atoms with Crippen LogP contribution in [0.15, 0.2) is 54.6 Å². The zero-order valence-electron chi connectivity index (χ0n) is 22.5. The van der Waals surface area contributed by atoms with Gasteiger partial charge in [0.25, 0.3) is 0 Å². The Morgan fingerprint density at radius 2 is 1.63 bits per heavy atom. The molecule has 4 bridgehead atoms. The van der Waals surface area contributed by atoms with Crippen LogP contribution in [0.4, 0.5) is 0 Å². The maximum Gasteiger partial charge on any atom is 0.336 e. The highest BCUT2D eigenvalue weighted by molar-refractivity contribution is 5.99. The van der Waals surface area contributed by atoms with Crippen molar-refractivity contribution in [3.63, 3.8) is 0 Å². The highest BCUT2D eigenvalue weighted by atomic mass is 16.5.